The largest absolute Gasteiger partial charge is 1.00 e. The number of alkyl halides is 2. The summed E-state index contributed by atoms with van der Waals surface area (Å²) >= 11 is 8.82. The van der Waals surface area contributed by atoms with Crippen LogP contribution in [-0.4, -0.2) is 121 Å². The summed E-state index contributed by atoms with van der Waals surface area (Å²) in [5, 5.41) is 0. The molecule has 15 nitrogen and oxygen atoms in total. The van der Waals surface area contributed by atoms with Crippen LogP contribution < -0.4 is 51.4 Å². The first-order chi connectivity index (χ1) is 55.3. The molecule has 24 rings (SSSR count). The van der Waals surface area contributed by atoms with E-state index in [2.05, 4.69) is 193 Å². The smallest absolute Gasteiger partial charge is 1.00 e. The number of esters is 4. The normalized spacial score (nSPS) is 31.2. The number of hydrogen-bond acceptors (Lipinski definition) is 19. The van der Waals surface area contributed by atoms with E-state index >= 15 is 0 Å². The van der Waals surface area contributed by atoms with Crippen molar-refractivity contribution < 1.29 is 129 Å². The van der Waals surface area contributed by atoms with Gasteiger partial charge in [-0.1, -0.05) is 80.2 Å². The Bertz CT molecular complexity index is 4290. The van der Waals surface area contributed by atoms with Crippen LogP contribution >= 0.6 is 47.0 Å². The zero-order chi connectivity index (χ0) is 80.1. The minimum atomic E-state index is -3.45. The zero-order valence-electron chi connectivity index (χ0n) is 65.4. The predicted molar refractivity (Wildman–Crippen MR) is 441 cm³/mol. The van der Waals surface area contributed by atoms with E-state index in [0.29, 0.717) is 101 Å². The van der Waals surface area contributed by atoms with Gasteiger partial charge in [0, 0.05) is 60.0 Å². The van der Waals surface area contributed by atoms with Crippen molar-refractivity contribution in [3.8, 4) is 11.5 Å². The van der Waals surface area contributed by atoms with E-state index in [-0.39, 0.29) is 143 Å². The maximum absolute atomic E-state index is 13.0. The molecule has 0 radical (unpaired) electrons. The molecule has 16 aliphatic carbocycles. The Morgan fingerprint density at radius 3 is 0.958 bits per heavy atom. The molecule has 18 aliphatic rings. The van der Waals surface area contributed by atoms with Gasteiger partial charge in [-0.05, 0) is 273 Å². The third kappa shape index (κ3) is 19.6. The van der Waals surface area contributed by atoms with Crippen LogP contribution in [0.15, 0.2) is 199 Å². The van der Waals surface area contributed by atoms with Crippen molar-refractivity contribution in [3.63, 3.8) is 0 Å². The summed E-state index contributed by atoms with van der Waals surface area (Å²) < 4.78 is 111. The Morgan fingerprint density at radius 1 is 0.415 bits per heavy atom. The molecule has 626 valence electrons. The van der Waals surface area contributed by atoms with E-state index in [0.717, 1.165) is 76.0 Å². The average Bonchev–Trinajstić information content (AvgIpc) is 1.36. The van der Waals surface area contributed by atoms with Crippen LogP contribution in [0.3, 0.4) is 0 Å². The van der Waals surface area contributed by atoms with Gasteiger partial charge in [-0.15, -0.1) is 59.7 Å². The van der Waals surface area contributed by atoms with E-state index in [4.69, 9.17) is 41.0 Å². The number of thioether (sulfide) groups is 4. The number of carbonyl (C=O) groups is 6. The van der Waals surface area contributed by atoms with Crippen molar-refractivity contribution in [3.05, 3.63) is 176 Å². The van der Waals surface area contributed by atoms with Crippen LogP contribution in [0.5, 0.6) is 11.5 Å². The van der Waals surface area contributed by atoms with E-state index in [1.165, 1.54) is 78.1 Å². The van der Waals surface area contributed by atoms with Crippen LogP contribution in [-0.2, 0) is 80.1 Å². The van der Waals surface area contributed by atoms with Gasteiger partial charge in [-0.2, -0.15) is 8.78 Å². The van der Waals surface area contributed by atoms with Crippen molar-refractivity contribution in [2.75, 3.05) is 36.2 Å². The third-order valence-electron chi connectivity index (χ3n) is 26.4. The maximum atomic E-state index is 13.0. The molecule has 2 aliphatic heterocycles. The molecule has 2 spiro atoms. The van der Waals surface area contributed by atoms with Gasteiger partial charge in [0.05, 0.1) is 29.9 Å². The predicted octanol–water partition coefficient (Wildman–Crippen LogP) is 13.0. The number of hydrogen-bond donors (Lipinski definition) is 0. The summed E-state index contributed by atoms with van der Waals surface area (Å²) in [5.41, 5.74) is -2.09. The van der Waals surface area contributed by atoms with E-state index in [9.17, 15) is 46.3 Å². The van der Waals surface area contributed by atoms with Crippen molar-refractivity contribution in [1.82, 2.24) is 0 Å². The molecular weight excluding hydrogens is 1680 g/mol. The molecule has 0 N–H and O–H groups in total. The van der Waals surface area contributed by atoms with Gasteiger partial charge >= 0.3 is 64.0 Å². The minimum absolute atomic E-state index is 0. The first-order valence-corrected chi connectivity index (χ1v) is 47.7. The standard InChI is InChI=1S/2C32H33O3S3.C13H16F2O3.C12H13F2O3.CH4.ClH.Na.O3S/c2*33-30(35-31-19-23-17-24(20-31)32(25(18-23)21-31)36-15-16-37-32)22-34-26-11-13-29(14-12-26)38(27-7-3-1-4-8-27)28-9-5-2-6-10-28;1-12(14,15)11(17)18-13-4-7-2-8(5-13)10(16)9(3-7)6-13;13-10(14)11(16)17-12-3-6-1-7(4-12)9(15)8(2-6)5-12;;;;1-4(2)3/h2*1-14,23-25H,15-22H2;7-9H,2-6H2,1H3;6-8H,1-5H2;1H4;1H;;/q2*+1;;-1;;;+1;/p-1. The van der Waals surface area contributed by atoms with E-state index in [1.807, 2.05) is 24.3 Å². The number of benzene rings is 6. The first-order valence-electron chi connectivity index (χ1n) is 40.3. The number of Topliss-reactive ketones (excluding diaryl/α,β-unsaturated/α-hetero) is 2. The topological polar surface area (TPSA) is 209 Å². The SMILES string of the molecule is C.CC(F)(F)C(=O)OC12CC3CC(C1)C(=O)C(C3)C2.O=C(COc1ccc([S+](c2ccccc2)c2ccccc2)cc1)OC12CC3CC(C1)C1(SCCS1)C(C3)C2.O=C(COc1ccc([S+](c2ccccc2)c2ccccc2)cc1)OC12CC3CC(C1)C1(SCCS1)C(C3)C2.O=C(OC12CC3CC(C1)C(=O)C(C3)C2)[C-](F)F.O=S(=O)=O.[Cl-].[Na+]. The average molecular weight is 1780 g/mol. The van der Waals surface area contributed by atoms with Crippen LogP contribution in [0.1, 0.15) is 143 Å². The fourth-order valence-corrected chi connectivity index (χ4v) is 34.9. The van der Waals surface area contributed by atoms with Gasteiger partial charge in [-0.25, -0.2) is 14.4 Å². The number of ketones is 2. The molecule has 8 atom stereocenters. The van der Waals surface area contributed by atoms with Crippen molar-refractivity contribution >= 4 is 115 Å². The molecule has 6 aromatic carbocycles. The summed E-state index contributed by atoms with van der Waals surface area (Å²) in [6, 6.07) is 58.9. The molecule has 0 amide bonds. The molecule has 6 aromatic rings. The number of halogens is 5. The van der Waals surface area contributed by atoms with Crippen molar-refractivity contribution in [2.24, 2.45) is 71.0 Å². The Hall–Kier alpha value is -5.26. The summed E-state index contributed by atoms with van der Waals surface area (Å²) in [5.74, 6) is 4.82. The Morgan fingerprint density at radius 2 is 0.678 bits per heavy atom. The molecular formula is C90H99ClF4NaO15S7+. The van der Waals surface area contributed by atoms with Crippen molar-refractivity contribution in [2.45, 2.75) is 209 Å². The number of carbonyl (C=O) groups excluding carboxylic acids is 6. The van der Waals surface area contributed by atoms with Gasteiger partial charge in [-0.3, -0.25) is 14.4 Å². The van der Waals surface area contributed by atoms with E-state index in [1.54, 1.807) is 0 Å². The van der Waals surface area contributed by atoms with Gasteiger partial charge in [0.25, 0.3) is 0 Å². The van der Waals surface area contributed by atoms with E-state index < -0.39 is 46.1 Å². The minimum Gasteiger partial charge on any atom is -1.00 e. The molecule has 118 heavy (non-hydrogen) atoms. The first kappa shape index (κ1) is 90.5. The zero-order valence-corrected chi connectivity index (χ0v) is 73.8. The maximum Gasteiger partial charge on any atom is 1.00 e. The second-order valence-electron chi connectivity index (χ2n) is 34.2. The second-order valence-corrected chi connectivity index (χ2v) is 44.7. The molecule has 8 unspecified atom stereocenters. The molecule has 2 saturated heterocycles. The van der Waals surface area contributed by atoms with Gasteiger partial charge in [0.1, 0.15) is 45.5 Å². The summed E-state index contributed by atoms with van der Waals surface area (Å²) in [6.45, 7) is 0.499. The Balaban J connectivity index is 0.000000141. The second kappa shape index (κ2) is 37.7. The molecule has 0 aromatic heterocycles. The molecule has 16 bridgehead atoms. The van der Waals surface area contributed by atoms with Gasteiger partial charge < -0.3 is 49.6 Å². The van der Waals surface area contributed by atoms with Crippen LogP contribution in [0, 0.1) is 77.4 Å². The fraction of sp³-hybridized carbons (Fsp3) is 0.522. The molecule has 2 heterocycles. The summed E-state index contributed by atoms with van der Waals surface area (Å²) in [6.07, 6.45) is 15.7. The van der Waals surface area contributed by atoms with Gasteiger partial charge in [0.2, 0.25) is 5.97 Å². The molecule has 18 fully saturated rings. The monoisotopic (exact) mass is 1780 g/mol. The van der Waals surface area contributed by atoms with Gasteiger partial charge in [0.15, 0.2) is 42.6 Å². The summed E-state index contributed by atoms with van der Waals surface area (Å²) in [4.78, 5) is 79.7. The fourth-order valence-electron chi connectivity index (χ4n) is 23.1. The third-order valence-corrected chi connectivity index (χ3v) is 38.9. The van der Waals surface area contributed by atoms with Crippen LogP contribution in [0.25, 0.3) is 0 Å². The van der Waals surface area contributed by atoms with Crippen molar-refractivity contribution in [1.29, 1.82) is 0 Å². The van der Waals surface area contributed by atoms with Crippen LogP contribution in [0.2, 0.25) is 0 Å². The Labute approximate surface area is 741 Å². The molecule has 28 heteroatoms. The quantitative estimate of drug-likeness (QED) is 0.0196. The molecule has 16 saturated carbocycles. The number of ether oxygens (including phenoxy) is 6. The van der Waals surface area contributed by atoms with Crippen LogP contribution in [0.4, 0.5) is 17.6 Å². The number of rotatable bonds is 18. The Kier molecular flexibility index (Phi) is 28.9. The summed E-state index contributed by atoms with van der Waals surface area (Å²) in [7, 11) is -3.51.